The first-order valence-electron chi connectivity index (χ1n) is 10.4. The van der Waals surface area contributed by atoms with Crippen molar-refractivity contribution in [2.24, 2.45) is 5.18 Å². The van der Waals surface area contributed by atoms with Crippen molar-refractivity contribution < 1.29 is 23.8 Å². The maximum absolute atomic E-state index is 14.2. The fourth-order valence-corrected chi connectivity index (χ4v) is 4.04. The van der Waals surface area contributed by atoms with Gasteiger partial charge in [-0.3, -0.25) is 9.78 Å². The average molecular weight is 462 g/mol. The van der Waals surface area contributed by atoms with Gasteiger partial charge in [0, 0.05) is 41.0 Å². The van der Waals surface area contributed by atoms with Crippen LogP contribution in [0.3, 0.4) is 0 Å². The summed E-state index contributed by atoms with van der Waals surface area (Å²) in [4.78, 5) is 28.2. The van der Waals surface area contributed by atoms with Crippen LogP contribution in [0, 0.1) is 10.7 Å². The Kier molecular flexibility index (Phi) is 5.64. The van der Waals surface area contributed by atoms with E-state index in [9.17, 15) is 19.2 Å². The molecule has 0 fully saturated rings. The predicted molar refractivity (Wildman–Crippen MR) is 120 cm³/mol. The Morgan fingerprint density at radius 2 is 2.03 bits per heavy atom. The Hall–Kier alpha value is -4.31. The Morgan fingerprint density at radius 3 is 2.82 bits per heavy atom. The van der Waals surface area contributed by atoms with E-state index in [1.165, 1.54) is 16.7 Å². The second-order valence-corrected chi connectivity index (χ2v) is 7.78. The highest BCUT2D eigenvalue weighted by atomic mass is 19.1. The molecule has 0 spiro atoms. The largest absolute Gasteiger partial charge is 0.493 e. The number of halogens is 1. The second-order valence-electron chi connectivity index (χ2n) is 7.78. The van der Waals surface area contributed by atoms with Crippen LogP contribution < -0.4 is 10.1 Å². The van der Waals surface area contributed by atoms with Crippen LogP contribution in [0.5, 0.6) is 11.6 Å². The molecule has 5 rings (SSSR count). The average Bonchev–Trinajstić information content (AvgIpc) is 3.12. The van der Waals surface area contributed by atoms with Crippen molar-refractivity contribution in [1.29, 1.82) is 0 Å². The quantitative estimate of drug-likeness (QED) is 0.417. The number of hydrogen-bond donors (Lipinski definition) is 2. The number of carbonyl (C=O) groups is 1. The fourth-order valence-electron chi connectivity index (χ4n) is 4.04. The zero-order valence-electron chi connectivity index (χ0n) is 17.8. The highest BCUT2D eigenvalue weighted by molar-refractivity contribution is 6.02. The molecule has 1 amide bonds. The zero-order valence-corrected chi connectivity index (χ0v) is 17.8. The van der Waals surface area contributed by atoms with Crippen molar-refractivity contribution in [3.63, 3.8) is 0 Å². The molecule has 4 aromatic rings. The van der Waals surface area contributed by atoms with Crippen molar-refractivity contribution in [1.82, 2.24) is 14.9 Å². The lowest BCUT2D eigenvalue weighted by Gasteiger charge is -2.21. The third kappa shape index (κ3) is 3.95. The van der Waals surface area contributed by atoms with Gasteiger partial charge in [-0.2, -0.15) is 0 Å². The molecule has 0 bridgehead atoms. The molecule has 0 saturated carbocycles. The minimum absolute atomic E-state index is 0.0139. The number of aromatic hydroxyl groups is 1. The number of fused-ring (bicyclic) bond motifs is 2. The van der Waals surface area contributed by atoms with Crippen LogP contribution >= 0.6 is 0 Å². The zero-order chi connectivity index (χ0) is 23.7. The molecular weight excluding hydrogens is 443 g/mol. The Balaban J connectivity index is 1.52. The topological polar surface area (TPSA) is 115 Å². The highest BCUT2D eigenvalue weighted by Crippen LogP contribution is 2.40. The monoisotopic (exact) mass is 462 g/mol. The molecule has 34 heavy (non-hydrogen) atoms. The number of ether oxygens (including phenoxy) is 2. The van der Waals surface area contributed by atoms with Gasteiger partial charge >= 0.3 is 0 Å². The smallest absolute Gasteiger partial charge is 0.251 e. The SMILES string of the molecule is O=Nc1c(O)n(Cc2cc(F)cc3c2OCOC3)c2cc(C(=O)NCc3ccncc3)ccc12. The van der Waals surface area contributed by atoms with Crippen molar-refractivity contribution >= 4 is 22.5 Å². The summed E-state index contributed by atoms with van der Waals surface area (Å²) < 4.78 is 26.4. The van der Waals surface area contributed by atoms with Gasteiger partial charge in [0.2, 0.25) is 5.88 Å². The molecule has 3 heterocycles. The van der Waals surface area contributed by atoms with Gasteiger partial charge in [-0.05, 0) is 53.2 Å². The molecule has 2 aromatic carbocycles. The number of rotatable bonds is 6. The fraction of sp³-hybridized carbons (Fsp3) is 0.167. The summed E-state index contributed by atoms with van der Waals surface area (Å²) in [7, 11) is 0. The number of amides is 1. The van der Waals surface area contributed by atoms with E-state index in [4.69, 9.17) is 9.47 Å². The van der Waals surface area contributed by atoms with Gasteiger partial charge in [0.15, 0.2) is 12.5 Å². The summed E-state index contributed by atoms with van der Waals surface area (Å²) in [6.45, 7) is 0.510. The van der Waals surface area contributed by atoms with E-state index in [-0.39, 0.29) is 37.4 Å². The van der Waals surface area contributed by atoms with Crippen LogP contribution in [0.1, 0.15) is 27.0 Å². The summed E-state index contributed by atoms with van der Waals surface area (Å²) in [6.07, 6.45) is 3.27. The molecule has 0 aliphatic carbocycles. The van der Waals surface area contributed by atoms with Crippen LogP contribution in [-0.2, 0) is 24.4 Å². The van der Waals surface area contributed by atoms with Crippen molar-refractivity contribution in [3.05, 3.63) is 87.8 Å². The number of hydrogen-bond acceptors (Lipinski definition) is 7. The summed E-state index contributed by atoms with van der Waals surface area (Å²) >= 11 is 0. The molecule has 0 atom stereocenters. The summed E-state index contributed by atoms with van der Waals surface area (Å²) in [5, 5.41) is 16.9. The third-order valence-electron chi connectivity index (χ3n) is 5.65. The van der Waals surface area contributed by atoms with Gasteiger partial charge in [0.1, 0.15) is 11.6 Å². The van der Waals surface area contributed by atoms with Gasteiger partial charge in [-0.1, -0.05) is 0 Å². The third-order valence-corrected chi connectivity index (χ3v) is 5.65. The summed E-state index contributed by atoms with van der Waals surface area (Å²) in [5.74, 6) is -0.746. The van der Waals surface area contributed by atoms with Crippen LogP contribution in [0.4, 0.5) is 10.1 Å². The van der Waals surface area contributed by atoms with Crippen LogP contribution in [0.2, 0.25) is 0 Å². The number of carbonyl (C=O) groups excluding carboxylic acids is 1. The maximum Gasteiger partial charge on any atom is 0.251 e. The molecule has 1 aliphatic rings. The van der Waals surface area contributed by atoms with Crippen molar-refractivity contribution in [2.45, 2.75) is 19.7 Å². The number of benzene rings is 2. The number of nitroso groups, excluding NO2 is 1. The molecule has 2 N–H and O–H groups in total. The molecule has 0 saturated heterocycles. The summed E-state index contributed by atoms with van der Waals surface area (Å²) in [5.41, 5.74) is 2.45. The number of pyridine rings is 1. The minimum Gasteiger partial charge on any atom is -0.493 e. The van der Waals surface area contributed by atoms with E-state index in [1.54, 1.807) is 42.7 Å². The van der Waals surface area contributed by atoms with Gasteiger partial charge < -0.3 is 24.5 Å². The van der Waals surface area contributed by atoms with E-state index < -0.39 is 5.82 Å². The standard InChI is InChI=1S/C24H19FN4O5/c25-18-7-16(22-17(8-18)12-33-13-34-22)11-29-20-9-15(1-2-19(20)21(28-32)24(29)31)23(30)27-10-14-3-5-26-6-4-14/h1-9,31H,10-13H2,(H,27,30). The van der Waals surface area contributed by atoms with Gasteiger partial charge in [-0.25, -0.2) is 4.39 Å². The number of aromatic nitrogens is 2. The summed E-state index contributed by atoms with van der Waals surface area (Å²) in [6, 6.07) is 10.9. The minimum atomic E-state index is -0.483. The van der Waals surface area contributed by atoms with Crippen molar-refractivity contribution in [3.8, 4) is 11.6 Å². The van der Waals surface area contributed by atoms with E-state index >= 15 is 0 Å². The Bertz CT molecular complexity index is 1400. The molecule has 2 aromatic heterocycles. The first-order valence-corrected chi connectivity index (χ1v) is 10.4. The second kappa shape index (κ2) is 8.91. The maximum atomic E-state index is 14.2. The Morgan fingerprint density at radius 1 is 1.21 bits per heavy atom. The Labute approximate surface area is 192 Å². The van der Waals surface area contributed by atoms with Crippen LogP contribution in [0.15, 0.2) is 60.0 Å². The molecule has 0 radical (unpaired) electrons. The normalized spacial score (nSPS) is 12.7. The van der Waals surface area contributed by atoms with E-state index in [0.29, 0.717) is 39.9 Å². The van der Waals surface area contributed by atoms with Crippen LogP contribution in [-0.4, -0.2) is 27.4 Å². The van der Waals surface area contributed by atoms with E-state index in [2.05, 4.69) is 15.5 Å². The van der Waals surface area contributed by atoms with Gasteiger partial charge in [-0.15, -0.1) is 4.91 Å². The molecule has 10 heteroatoms. The molecule has 0 unspecified atom stereocenters. The number of nitrogens with zero attached hydrogens (tertiary/aromatic N) is 3. The van der Waals surface area contributed by atoms with Crippen molar-refractivity contribution in [2.75, 3.05) is 6.79 Å². The predicted octanol–water partition coefficient (Wildman–Crippen LogP) is 4.12. The van der Waals surface area contributed by atoms with E-state index in [0.717, 1.165) is 5.56 Å². The van der Waals surface area contributed by atoms with E-state index in [1.807, 2.05) is 0 Å². The first kappa shape index (κ1) is 21.5. The lowest BCUT2D eigenvalue weighted by Crippen LogP contribution is -2.22. The van der Waals surface area contributed by atoms with Gasteiger partial charge in [0.05, 0.1) is 18.7 Å². The lowest BCUT2D eigenvalue weighted by molar-refractivity contribution is -0.0173. The lowest BCUT2D eigenvalue weighted by atomic mass is 10.1. The first-order chi connectivity index (χ1) is 16.5. The molecule has 9 nitrogen and oxygen atoms in total. The molecule has 1 aliphatic heterocycles. The molecular formula is C24H19FN4O5. The number of nitrogens with one attached hydrogen (secondary N) is 1. The highest BCUT2D eigenvalue weighted by Gasteiger charge is 2.23. The van der Waals surface area contributed by atoms with Crippen LogP contribution in [0.25, 0.3) is 10.9 Å². The molecule has 172 valence electrons. The van der Waals surface area contributed by atoms with Gasteiger partial charge in [0.25, 0.3) is 5.91 Å².